The summed E-state index contributed by atoms with van der Waals surface area (Å²) < 4.78 is 0. The van der Waals surface area contributed by atoms with Gasteiger partial charge >= 0.3 is 0 Å². The normalized spacial score (nSPS) is 23.6. The molecule has 0 spiro atoms. The highest BCUT2D eigenvalue weighted by molar-refractivity contribution is 5.87. The minimum absolute atomic E-state index is 0.000509. The predicted molar refractivity (Wildman–Crippen MR) is 53.3 cm³/mol. The number of rotatable bonds is 4. The topological polar surface area (TPSA) is 63.4 Å². The van der Waals surface area contributed by atoms with Gasteiger partial charge in [-0.1, -0.05) is 13.0 Å². The molecule has 2 N–H and O–H groups in total. The van der Waals surface area contributed by atoms with E-state index in [1.54, 1.807) is 11.0 Å². The van der Waals surface area contributed by atoms with Gasteiger partial charge in [-0.3, -0.25) is 9.59 Å². The number of likely N-dealkylation sites (tertiary alicyclic amines) is 1. The lowest BCUT2D eigenvalue weighted by Gasteiger charge is -2.23. The Labute approximate surface area is 83.8 Å². The molecule has 0 aromatic heterocycles. The molecule has 1 rings (SSSR count). The van der Waals surface area contributed by atoms with Crippen LogP contribution in [0.1, 0.15) is 19.8 Å². The van der Waals surface area contributed by atoms with Crippen molar-refractivity contribution >= 4 is 11.8 Å². The smallest absolute Gasteiger partial charge is 0.240 e. The third kappa shape index (κ3) is 1.95. The fourth-order valence-corrected chi connectivity index (χ4v) is 1.79. The number of carbonyl (C=O) groups is 2. The maximum atomic E-state index is 11.5. The second-order valence-electron chi connectivity index (χ2n) is 3.57. The SMILES string of the molecule is C=C[C@H]1CC(=O)N([C@H](CC)C(N)=O)C1. The van der Waals surface area contributed by atoms with Crippen LogP contribution in [0.25, 0.3) is 0 Å². The quantitative estimate of drug-likeness (QED) is 0.657. The van der Waals surface area contributed by atoms with Gasteiger partial charge in [0, 0.05) is 18.9 Å². The molecular formula is C10H16N2O2. The summed E-state index contributed by atoms with van der Waals surface area (Å²) in [5.41, 5.74) is 5.22. The molecule has 4 nitrogen and oxygen atoms in total. The highest BCUT2D eigenvalue weighted by Gasteiger charge is 2.34. The zero-order valence-corrected chi connectivity index (χ0v) is 8.40. The minimum atomic E-state index is -0.451. The van der Waals surface area contributed by atoms with Crippen LogP contribution in [0.3, 0.4) is 0 Å². The van der Waals surface area contributed by atoms with Crippen molar-refractivity contribution in [1.82, 2.24) is 4.90 Å². The van der Waals surface area contributed by atoms with E-state index in [4.69, 9.17) is 5.73 Å². The van der Waals surface area contributed by atoms with Gasteiger partial charge in [0.15, 0.2) is 0 Å². The summed E-state index contributed by atoms with van der Waals surface area (Å²) in [7, 11) is 0. The molecule has 0 saturated carbocycles. The Bertz CT molecular complexity index is 263. The number of hydrogen-bond donors (Lipinski definition) is 1. The van der Waals surface area contributed by atoms with E-state index in [2.05, 4.69) is 6.58 Å². The highest BCUT2D eigenvalue weighted by atomic mass is 16.2. The molecule has 4 heteroatoms. The van der Waals surface area contributed by atoms with Crippen molar-refractivity contribution in [3.05, 3.63) is 12.7 Å². The van der Waals surface area contributed by atoms with E-state index < -0.39 is 11.9 Å². The first kappa shape index (κ1) is 10.8. The average Bonchev–Trinajstić information content (AvgIpc) is 2.48. The first-order valence-corrected chi connectivity index (χ1v) is 4.81. The summed E-state index contributed by atoms with van der Waals surface area (Å²) in [6, 6.07) is -0.451. The summed E-state index contributed by atoms with van der Waals surface area (Å²) in [5, 5.41) is 0. The van der Waals surface area contributed by atoms with Crippen molar-refractivity contribution in [3.8, 4) is 0 Å². The van der Waals surface area contributed by atoms with Crippen LogP contribution < -0.4 is 5.73 Å². The molecule has 0 aromatic carbocycles. The van der Waals surface area contributed by atoms with E-state index in [0.29, 0.717) is 19.4 Å². The molecule has 0 bridgehead atoms. The molecule has 1 fully saturated rings. The number of primary amides is 1. The van der Waals surface area contributed by atoms with Gasteiger partial charge in [0.05, 0.1) is 0 Å². The monoisotopic (exact) mass is 196 g/mol. The lowest BCUT2D eigenvalue weighted by Crippen LogP contribution is -2.45. The minimum Gasteiger partial charge on any atom is -0.368 e. The summed E-state index contributed by atoms with van der Waals surface area (Å²) in [6.45, 7) is 6.07. The Morgan fingerprint density at radius 1 is 1.86 bits per heavy atom. The Morgan fingerprint density at radius 3 is 2.86 bits per heavy atom. The summed E-state index contributed by atoms with van der Waals surface area (Å²) in [6.07, 6.45) is 2.78. The van der Waals surface area contributed by atoms with E-state index in [1.165, 1.54) is 0 Å². The second-order valence-corrected chi connectivity index (χ2v) is 3.57. The van der Waals surface area contributed by atoms with Crippen LogP contribution in [0.5, 0.6) is 0 Å². The number of carbonyl (C=O) groups excluding carboxylic acids is 2. The van der Waals surface area contributed by atoms with Crippen molar-refractivity contribution in [3.63, 3.8) is 0 Å². The van der Waals surface area contributed by atoms with Gasteiger partial charge in [0.2, 0.25) is 11.8 Å². The molecule has 14 heavy (non-hydrogen) atoms. The standard InChI is InChI=1S/C10H16N2O2/c1-3-7-5-9(13)12(6-7)8(4-2)10(11)14/h3,7-8H,1,4-6H2,2H3,(H2,11,14)/t7-,8+/m0/s1. The van der Waals surface area contributed by atoms with Crippen LogP contribution in [0.4, 0.5) is 0 Å². The Hall–Kier alpha value is -1.32. The van der Waals surface area contributed by atoms with E-state index in [1.807, 2.05) is 6.92 Å². The van der Waals surface area contributed by atoms with Gasteiger partial charge in [-0.15, -0.1) is 6.58 Å². The molecule has 2 atom stereocenters. The first-order valence-electron chi connectivity index (χ1n) is 4.81. The lowest BCUT2D eigenvalue weighted by atomic mass is 10.1. The molecule has 1 aliphatic heterocycles. The third-order valence-electron chi connectivity index (χ3n) is 2.61. The Morgan fingerprint density at radius 2 is 2.50 bits per heavy atom. The number of amides is 2. The Balaban J connectivity index is 2.72. The molecule has 78 valence electrons. The summed E-state index contributed by atoms with van der Waals surface area (Å²) in [5.74, 6) is -0.262. The third-order valence-corrected chi connectivity index (χ3v) is 2.61. The first-order chi connectivity index (χ1) is 6.60. The zero-order chi connectivity index (χ0) is 10.7. The highest BCUT2D eigenvalue weighted by Crippen LogP contribution is 2.21. The van der Waals surface area contributed by atoms with E-state index in [-0.39, 0.29) is 11.8 Å². The van der Waals surface area contributed by atoms with E-state index in [9.17, 15) is 9.59 Å². The largest absolute Gasteiger partial charge is 0.368 e. The van der Waals surface area contributed by atoms with Gasteiger partial charge in [-0.05, 0) is 6.42 Å². The van der Waals surface area contributed by atoms with Gasteiger partial charge in [-0.25, -0.2) is 0 Å². The van der Waals surface area contributed by atoms with Gasteiger partial charge in [0.1, 0.15) is 6.04 Å². The van der Waals surface area contributed by atoms with Crippen LogP contribution in [0.15, 0.2) is 12.7 Å². The van der Waals surface area contributed by atoms with Crippen LogP contribution in [-0.2, 0) is 9.59 Å². The van der Waals surface area contributed by atoms with Gasteiger partial charge in [0.25, 0.3) is 0 Å². The molecule has 1 aliphatic rings. The average molecular weight is 196 g/mol. The van der Waals surface area contributed by atoms with Crippen molar-refractivity contribution in [2.45, 2.75) is 25.8 Å². The molecule has 0 aromatic rings. The number of nitrogens with zero attached hydrogens (tertiary/aromatic N) is 1. The van der Waals surface area contributed by atoms with Crippen molar-refractivity contribution < 1.29 is 9.59 Å². The summed E-state index contributed by atoms with van der Waals surface area (Å²) >= 11 is 0. The maximum absolute atomic E-state index is 11.5. The fraction of sp³-hybridized carbons (Fsp3) is 0.600. The number of hydrogen-bond acceptors (Lipinski definition) is 2. The molecule has 1 saturated heterocycles. The van der Waals surface area contributed by atoms with Crippen molar-refractivity contribution in [2.75, 3.05) is 6.54 Å². The molecular weight excluding hydrogens is 180 g/mol. The van der Waals surface area contributed by atoms with Crippen molar-refractivity contribution in [2.24, 2.45) is 11.7 Å². The fourth-order valence-electron chi connectivity index (χ4n) is 1.79. The van der Waals surface area contributed by atoms with Crippen LogP contribution in [0.2, 0.25) is 0 Å². The number of nitrogens with two attached hydrogens (primary N) is 1. The van der Waals surface area contributed by atoms with E-state index >= 15 is 0 Å². The van der Waals surface area contributed by atoms with Crippen LogP contribution in [-0.4, -0.2) is 29.3 Å². The molecule has 0 aliphatic carbocycles. The van der Waals surface area contributed by atoms with Gasteiger partial charge in [-0.2, -0.15) is 0 Å². The van der Waals surface area contributed by atoms with E-state index in [0.717, 1.165) is 0 Å². The molecule has 0 radical (unpaired) electrons. The molecule has 0 unspecified atom stereocenters. The Kier molecular flexibility index (Phi) is 3.28. The lowest BCUT2D eigenvalue weighted by molar-refractivity contribution is -0.136. The van der Waals surface area contributed by atoms with Crippen LogP contribution in [0, 0.1) is 5.92 Å². The van der Waals surface area contributed by atoms with Crippen LogP contribution >= 0.6 is 0 Å². The molecule has 2 amide bonds. The summed E-state index contributed by atoms with van der Waals surface area (Å²) in [4.78, 5) is 24.1. The second kappa shape index (κ2) is 4.26. The maximum Gasteiger partial charge on any atom is 0.240 e. The zero-order valence-electron chi connectivity index (χ0n) is 8.40. The molecule has 1 heterocycles. The van der Waals surface area contributed by atoms with Gasteiger partial charge < -0.3 is 10.6 Å². The predicted octanol–water partition coefficient (Wildman–Crippen LogP) is 0.285. The van der Waals surface area contributed by atoms with Crippen molar-refractivity contribution in [1.29, 1.82) is 0 Å².